The van der Waals surface area contributed by atoms with Crippen LogP contribution >= 0.6 is 12.6 Å². The van der Waals surface area contributed by atoms with E-state index in [1.807, 2.05) is 0 Å². The van der Waals surface area contributed by atoms with Gasteiger partial charge in [-0.25, -0.2) is 4.79 Å². The first-order chi connectivity index (χ1) is 5.01. The monoisotopic (exact) mass is 174 g/mol. The highest BCUT2D eigenvalue weighted by atomic mass is 32.1. The molecule has 11 heavy (non-hydrogen) atoms. The first-order valence-corrected chi connectivity index (χ1v) is 3.85. The van der Waals surface area contributed by atoms with Gasteiger partial charge in [-0.05, 0) is 6.92 Å². The number of carbonyl (C=O) groups excluding carboxylic acids is 2. The summed E-state index contributed by atoms with van der Waals surface area (Å²) in [6, 6.07) is -0.355. The molecule has 1 atom stereocenters. The highest BCUT2D eigenvalue weighted by Crippen LogP contribution is 2.16. The number of hydrogen-bond acceptors (Lipinski definition) is 3. The fourth-order valence-corrected chi connectivity index (χ4v) is 1.16. The van der Waals surface area contributed by atoms with E-state index in [-0.39, 0.29) is 11.9 Å². The molecule has 62 valence electrons. The third-order valence-corrected chi connectivity index (χ3v) is 2.41. The van der Waals surface area contributed by atoms with Crippen molar-refractivity contribution in [3.63, 3.8) is 0 Å². The highest BCUT2D eigenvalue weighted by molar-refractivity contribution is 7.80. The van der Waals surface area contributed by atoms with E-state index in [0.29, 0.717) is 5.75 Å². The molecule has 0 aliphatic carbocycles. The zero-order chi connectivity index (χ0) is 8.65. The van der Waals surface area contributed by atoms with Gasteiger partial charge in [-0.2, -0.15) is 12.6 Å². The SMILES string of the molecule is CN1C(=O)NC(C)(CS)C1=O. The lowest BCUT2D eigenvalue weighted by Gasteiger charge is -2.17. The van der Waals surface area contributed by atoms with Crippen molar-refractivity contribution >= 4 is 24.6 Å². The molecule has 1 heterocycles. The Morgan fingerprint density at radius 2 is 2.18 bits per heavy atom. The van der Waals surface area contributed by atoms with Gasteiger partial charge in [-0.3, -0.25) is 9.69 Å². The van der Waals surface area contributed by atoms with Crippen molar-refractivity contribution in [2.45, 2.75) is 12.5 Å². The molecule has 0 aromatic rings. The van der Waals surface area contributed by atoms with Crippen LogP contribution in [-0.4, -0.2) is 35.2 Å². The smallest absolute Gasteiger partial charge is 0.323 e. The lowest BCUT2D eigenvalue weighted by Crippen LogP contribution is -2.45. The molecule has 0 radical (unpaired) electrons. The van der Waals surface area contributed by atoms with Gasteiger partial charge in [0.05, 0.1) is 0 Å². The van der Waals surface area contributed by atoms with Gasteiger partial charge in [0.15, 0.2) is 0 Å². The fourth-order valence-electron chi connectivity index (χ4n) is 0.943. The van der Waals surface area contributed by atoms with Crippen LogP contribution in [0.3, 0.4) is 0 Å². The molecule has 1 saturated heterocycles. The maximum absolute atomic E-state index is 11.3. The lowest BCUT2D eigenvalue weighted by molar-refractivity contribution is -0.129. The van der Waals surface area contributed by atoms with Gasteiger partial charge in [0, 0.05) is 12.8 Å². The average Bonchev–Trinajstić information content (AvgIpc) is 2.17. The predicted molar refractivity (Wildman–Crippen MR) is 43.6 cm³/mol. The average molecular weight is 174 g/mol. The Morgan fingerprint density at radius 1 is 1.64 bits per heavy atom. The molecular formula is C6H10N2O2S. The van der Waals surface area contributed by atoms with Gasteiger partial charge in [0.1, 0.15) is 5.54 Å². The van der Waals surface area contributed by atoms with E-state index in [9.17, 15) is 9.59 Å². The Balaban J connectivity index is 2.91. The van der Waals surface area contributed by atoms with Gasteiger partial charge in [-0.1, -0.05) is 0 Å². The molecule has 1 aliphatic heterocycles. The van der Waals surface area contributed by atoms with Crippen LogP contribution in [0.5, 0.6) is 0 Å². The molecule has 0 bridgehead atoms. The molecule has 0 aromatic carbocycles. The maximum atomic E-state index is 11.3. The minimum Gasteiger partial charge on any atom is -0.323 e. The van der Waals surface area contributed by atoms with E-state index in [1.54, 1.807) is 6.92 Å². The number of nitrogens with zero attached hydrogens (tertiary/aromatic N) is 1. The highest BCUT2D eigenvalue weighted by Gasteiger charge is 2.44. The molecule has 1 aliphatic rings. The van der Waals surface area contributed by atoms with Gasteiger partial charge < -0.3 is 5.32 Å². The number of carbonyl (C=O) groups is 2. The van der Waals surface area contributed by atoms with E-state index in [2.05, 4.69) is 17.9 Å². The van der Waals surface area contributed by atoms with Crippen LogP contribution in [-0.2, 0) is 4.79 Å². The standard InChI is InChI=1S/C6H10N2O2S/c1-6(3-11)4(9)8(2)5(10)7-6/h11H,3H2,1-2H3,(H,7,10). The Hall–Kier alpha value is -0.710. The molecule has 0 aromatic heterocycles. The number of hydrogen-bond donors (Lipinski definition) is 2. The summed E-state index contributed by atoms with van der Waals surface area (Å²) in [5.41, 5.74) is -0.811. The third kappa shape index (κ3) is 1.09. The topological polar surface area (TPSA) is 49.4 Å². The molecule has 3 amide bonds. The fraction of sp³-hybridized carbons (Fsp3) is 0.667. The molecule has 0 saturated carbocycles. The van der Waals surface area contributed by atoms with Crippen LogP contribution in [0.2, 0.25) is 0 Å². The summed E-state index contributed by atoms with van der Waals surface area (Å²) in [5.74, 6) is 0.0968. The summed E-state index contributed by atoms with van der Waals surface area (Å²) in [6.45, 7) is 1.66. The molecule has 0 spiro atoms. The quantitative estimate of drug-likeness (QED) is 0.429. The Morgan fingerprint density at radius 3 is 2.36 bits per heavy atom. The van der Waals surface area contributed by atoms with Crippen LogP contribution in [0.15, 0.2) is 0 Å². The lowest BCUT2D eigenvalue weighted by atomic mass is 10.1. The predicted octanol–water partition coefficient (Wildman–Crippen LogP) is -0.144. The van der Waals surface area contributed by atoms with Crippen LogP contribution in [0.25, 0.3) is 0 Å². The third-order valence-electron chi connectivity index (χ3n) is 1.78. The van der Waals surface area contributed by atoms with E-state index in [0.717, 1.165) is 4.90 Å². The van der Waals surface area contributed by atoms with Crippen molar-refractivity contribution in [1.29, 1.82) is 0 Å². The summed E-state index contributed by atoms with van der Waals surface area (Å²) in [5, 5.41) is 2.54. The Labute approximate surface area is 70.3 Å². The second kappa shape index (κ2) is 2.41. The van der Waals surface area contributed by atoms with Crippen molar-refractivity contribution in [3.8, 4) is 0 Å². The number of amides is 3. The Bertz CT molecular complexity index is 219. The van der Waals surface area contributed by atoms with E-state index in [1.165, 1.54) is 7.05 Å². The van der Waals surface area contributed by atoms with Gasteiger partial charge >= 0.3 is 6.03 Å². The summed E-state index contributed by atoms with van der Waals surface area (Å²) < 4.78 is 0. The van der Waals surface area contributed by atoms with Crippen molar-refractivity contribution < 1.29 is 9.59 Å². The van der Waals surface area contributed by atoms with Crippen LogP contribution < -0.4 is 5.32 Å². The van der Waals surface area contributed by atoms with Gasteiger partial charge in [-0.15, -0.1) is 0 Å². The van der Waals surface area contributed by atoms with Crippen molar-refractivity contribution in [3.05, 3.63) is 0 Å². The van der Waals surface area contributed by atoms with Crippen LogP contribution in [0, 0.1) is 0 Å². The summed E-state index contributed by atoms with van der Waals surface area (Å²) in [6.07, 6.45) is 0. The van der Waals surface area contributed by atoms with Crippen molar-refractivity contribution in [1.82, 2.24) is 10.2 Å². The van der Waals surface area contributed by atoms with E-state index in [4.69, 9.17) is 0 Å². The molecule has 1 fully saturated rings. The molecule has 5 heteroatoms. The molecule has 4 nitrogen and oxygen atoms in total. The first kappa shape index (κ1) is 8.39. The van der Waals surface area contributed by atoms with Crippen molar-refractivity contribution in [2.24, 2.45) is 0 Å². The minimum atomic E-state index is -0.811. The van der Waals surface area contributed by atoms with Gasteiger partial charge in [0.2, 0.25) is 0 Å². The normalized spacial score (nSPS) is 31.0. The Kier molecular flexibility index (Phi) is 1.83. The summed E-state index contributed by atoms with van der Waals surface area (Å²) >= 11 is 3.98. The number of thiol groups is 1. The molecule has 1 unspecified atom stereocenters. The molecule has 1 rings (SSSR count). The number of urea groups is 1. The van der Waals surface area contributed by atoms with Crippen molar-refractivity contribution in [2.75, 3.05) is 12.8 Å². The van der Waals surface area contributed by atoms with Gasteiger partial charge in [0.25, 0.3) is 5.91 Å². The summed E-state index contributed by atoms with van der Waals surface area (Å²) in [4.78, 5) is 23.2. The summed E-state index contributed by atoms with van der Waals surface area (Å²) in [7, 11) is 1.45. The number of imide groups is 1. The number of likely N-dealkylation sites (N-methyl/N-ethyl adjacent to an activating group) is 1. The second-order valence-electron chi connectivity index (χ2n) is 2.78. The molecular weight excluding hydrogens is 164 g/mol. The minimum absolute atomic E-state index is 0.225. The van der Waals surface area contributed by atoms with E-state index >= 15 is 0 Å². The van der Waals surface area contributed by atoms with E-state index < -0.39 is 5.54 Å². The maximum Gasteiger partial charge on any atom is 0.324 e. The zero-order valence-electron chi connectivity index (χ0n) is 6.42. The second-order valence-corrected chi connectivity index (χ2v) is 3.10. The number of rotatable bonds is 1. The van der Waals surface area contributed by atoms with Crippen LogP contribution in [0.1, 0.15) is 6.92 Å². The zero-order valence-corrected chi connectivity index (χ0v) is 7.31. The molecule has 1 N–H and O–H groups in total. The number of nitrogens with one attached hydrogen (secondary N) is 1. The first-order valence-electron chi connectivity index (χ1n) is 3.22. The largest absolute Gasteiger partial charge is 0.324 e. The van der Waals surface area contributed by atoms with Crippen LogP contribution in [0.4, 0.5) is 4.79 Å².